The van der Waals surface area contributed by atoms with Gasteiger partial charge in [0.05, 0.1) is 6.61 Å². The summed E-state index contributed by atoms with van der Waals surface area (Å²) in [4.78, 5) is 22.7. The van der Waals surface area contributed by atoms with E-state index in [9.17, 15) is 9.59 Å². The fourth-order valence-electron chi connectivity index (χ4n) is 1.79. The normalized spacial score (nSPS) is 10.6. The van der Waals surface area contributed by atoms with E-state index in [0.717, 1.165) is 11.3 Å². The van der Waals surface area contributed by atoms with Gasteiger partial charge < -0.3 is 14.5 Å². The van der Waals surface area contributed by atoms with E-state index < -0.39 is 5.97 Å². The first kappa shape index (κ1) is 15.6. The highest BCUT2D eigenvalue weighted by Crippen LogP contribution is 2.22. The molecule has 1 heterocycles. The minimum atomic E-state index is -0.464. The highest BCUT2D eigenvalue weighted by atomic mass is 16.5. The molecule has 0 fully saturated rings. The maximum Gasteiger partial charge on any atom is 0.325 e. The van der Waals surface area contributed by atoms with Crippen LogP contribution < -0.4 is 5.32 Å². The summed E-state index contributed by atoms with van der Waals surface area (Å²) in [5, 5.41) is 2.43. The first-order chi connectivity index (χ1) is 10.7. The van der Waals surface area contributed by atoms with Crippen molar-refractivity contribution in [3.05, 3.63) is 54.3 Å². The van der Waals surface area contributed by atoms with Crippen LogP contribution in [0.5, 0.6) is 0 Å². The van der Waals surface area contributed by atoms with Crippen LogP contribution in [0.3, 0.4) is 0 Å². The number of carbonyl (C=O) groups is 2. The van der Waals surface area contributed by atoms with Gasteiger partial charge in [-0.2, -0.15) is 0 Å². The fraction of sp³-hybridized carbons (Fsp3) is 0.176. The van der Waals surface area contributed by atoms with Gasteiger partial charge in [0.25, 0.3) is 0 Å². The lowest BCUT2D eigenvalue weighted by Crippen LogP contribution is -2.29. The minimum Gasteiger partial charge on any atom is -0.465 e. The van der Waals surface area contributed by atoms with Crippen molar-refractivity contribution in [3.63, 3.8) is 0 Å². The van der Waals surface area contributed by atoms with E-state index in [0.29, 0.717) is 12.4 Å². The quantitative estimate of drug-likeness (QED) is 0.657. The molecular formula is C17H17NO4. The fourth-order valence-corrected chi connectivity index (χ4v) is 1.79. The average molecular weight is 299 g/mol. The van der Waals surface area contributed by atoms with Crippen molar-refractivity contribution in [2.45, 2.75) is 6.92 Å². The van der Waals surface area contributed by atoms with Gasteiger partial charge in [-0.1, -0.05) is 30.3 Å². The maximum absolute atomic E-state index is 11.6. The van der Waals surface area contributed by atoms with E-state index >= 15 is 0 Å². The van der Waals surface area contributed by atoms with E-state index in [4.69, 9.17) is 9.15 Å². The number of ether oxygens (including phenoxy) is 1. The summed E-state index contributed by atoms with van der Waals surface area (Å²) >= 11 is 0. The van der Waals surface area contributed by atoms with E-state index in [1.807, 2.05) is 36.4 Å². The lowest BCUT2D eigenvalue weighted by Gasteiger charge is -2.01. The molecule has 0 saturated heterocycles. The van der Waals surface area contributed by atoms with Gasteiger partial charge in [0.2, 0.25) is 5.91 Å². The summed E-state index contributed by atoms with van der Waals surface area (Å²) in [6.07, 6.45) is 2.86. The van der Waals surface area contributed by atoms with Crippen LogP contribution in [0.4, 0.5) is 0 Å². The van der Waals surface area contributed by atoms with Crippen molar-refractivity contribution >= 4 is 18.0 Å². The molecule has 1 amide bonds. The Bertz CT molecular complexity index is 658. The Balaban J connectivity index is 1.90. The molecule has 0 aliphatic carbocycles. The number of amides is 1. The van der Waals surface area contributed by atoms with Gasteiger partial charge in [-0.25, -0.2) is 0 Å². The standard InChI is InChI=1S/C17H17NO4/c1-2-21-17(20)12-18-16(19)11-9-14-8-10-15(22-14)13-6-4-3-5-7-13/h3-11H,2,12H2,1H3,(H,18,19). The number of furan rings is 1. The van der Waals surface area contributed by atoms with Gasteiger partial charge in [-0.05, 0) is 25.1 Å². The smallest absolute Gasteiger partial charge is 0.325 e. The van der Waals surface area contributed by atoms with Crippen LogP contribution in [-0.2, 0) is 14.3 Å². The summed E-state index contributed by atoms with van der Waals surface area (Å²) in [6.45, 7) is 1.85. The Hall–Kier alpha value is -2.82. The second kappa shape index (κ2) is 7.83. The van der Waals surface area contributed by atoms with Gasteiger partial charge in [0.15, 0.2) is 0 Å². The molecular weight excluding hydrogens is 282 g/mol. The zero-order chi connectivity index (χ0) is 15.8. The molecule has 0 unspecified atom stereocenters. The van der Waals surface area contributed by atoms with Crippen LogP contribution in [0.15, 0.2) is 53.0 Å². The third kappa shape index (κ3) is 4.63. The summed E-state index contributed by atoms with van der Waals surface area (Å²) in [7, 11) is 0. The zero-order valence-electron chi connectivity index (χ0n) is 12.2. The molecule has 5 nitrogen and oxygen atoms in total. The Morgan fingerprint density at radius 1 is 1.18 bits per heavy atom. The van der Waals surface area contributed by atoms with Crippen molar-refractivity contribution in [1.82, 2.24) is 5.32 Å². The lowest BCUT2D eigenvalue weighted by atomic mass is 10.2. The monoisotopic (exact) mass is 299 g/mol. The molecule has 1 aromatic carbocycles. The molecule has 1 N–H and O–H groups in total. The number of rotatable bonds is 6. The number of hydrogen-bond acceptors (Lipinski definition) is 4. The lowest BCUT2D eigenvalue weighted by molar-refractivity contribution is -0.143. The molecule has 0 aliphatic rings. The van der Waals surface area contributed by atoms with Crippen molar-refractivity contribution in [1.29, 1.82) is 0 Å². The van der Waals surface area contributed by atoms with Crippen molar-refractivity contribution in [2.24, 2.45) is 0 Å². The second-order valence-electron chi connectivity index (χ2n) is 4.42. The molecule has 2 aromatic rings. The molecule has 2 rings (SSSR count). The molecule has 114 valence electrons. The van der Waals surface area contributed by atoms with Crippen molar-refractivity contribution in [3.8, 4) is 11.3 Å². The van der Waals surface area contributed by atoms with E-state index in [-0.39, 0.29) is 12.5 Å². The number of carbonyl (C=O) groups excluding carboxylic acids is 2. The van der Waals surface area contributed by atoms with Crippen LogP contribution in [0, 0.1) is 0 Å². The largest absolute Gasteiger partial charge is 0.465 e. The second-order valence-corrected chi connectivity index (χ2v) is 4.42. The van der Waals surface area contributed by atoms with Gasteiger partial charge >= 0.3 is 5.97 Å². The Labute approximate surface area is 128 Å². The Morgan fingerprint density at radius 2 is 1.95 bits per heavy atom. The topological polar surface area (TPSA) is 68.5 Å². The van der Waals surface area contributed by atoms with Crippen molar-refractivity contribution in [2.75, 3.05) is 13.2 Å². The summed E-state index contributed by atoms with van der Waals surface area (Å²) in [5.41, 5.74) is 0.967. The molecule has 0 spiro atoms. The molecule has 1 aromatic heterocycles. The van der Waals surface area contributed by atoms with E-state index in [1.54, 1.807) is 19.1 Å². The highest BCUT2D eigenvalue weighted by Gasteiger charge is 2.04. The number of esters is 1. The molecule has 0 bridgehead atoms. The van der Waals surface area contributed by atoms with E-state index in [2.05, 4.69) is 5.32 Å². The molecule has 22 heavy (non-hydrogen) atoms. The number of hydrogen-bond donors (Lipinski definition) is 1. The van der Waals surface area contributed by atoms with Gasteiger partial charge in [0, 0.05) is 11.6 Å². The number of nitrogens with one attached hydrogen (secondary N) is 1. The summed E-state index contributed by atoms with van der Waals surface area (Å²) in [5.74, 6) is 0.441. The van der Waals surface area contributed by atoms with Crippen LogP contribution in [0.1, 0.15) is 12.7 Å². The molecule has 5 heteroatoms. The van der Waals surface area contributed by atoms with Crippen LogP contribution in [-0.4, -0.2) is 25.0 Å². The van der Waals surface area contributed by atoms with Gasteiger partial charge in [-0.3, -0.25) is 9.59 Å². The zero-order valence-corrected chi connectivity index (χ0v) is 12.2. The Morgan fingerprint density at radius 3 is 2.68 bits per heavy atom. The van der Waals surface area contributed by atoms with Gasteiger partial charge in [0.1, 0.15) is 18.1 Å². The molecule has 0 saturated carbocycles. The predicted molar refractivity (Wildman–Crippen MR) is 82.8 cm³/mol. The van der Waals surface area contributed by atoms with Crippen LogP contribution in [0.25, 0.3) is 17.4 Å². The summed E-state index contributed by atoms with van der Waals surface area (Å²) in [6, 6.07) is 13.3. The first-order valence-corrected chi connectivity index (χ1v) is 6.96. The SMILES string of the molecule is CCOC(=O)CNC(=O)C=Cc1ccc(-c2ccccc2)o1. The third-order valence-electron chi connectivity index (χ3n) is 2.80. The van der Waals surface area contributed by atoms with Crippen LogP contribution >= 0.6 is 0 Å². The first-order valence-electron chi connectivity index (χ1n) is 6.96. The molecule has 0 radical (unpaired) electrons. The van der Waals surface area contributed by atoms with Gasteiger partial charge in [-0.15, -0.1) is 0 Å². The maximum atomic E-state index is 11.6. The highest BCUT2D eigenvalue weighted by molar-refractivity contribution is 5.93. The third-order valence-corrected chi connectivity index (χ3v) is 2.80. The number of benzene rings is 1. The van der Waals surface area contributed by atoms with Crippen molar-refractivity contribution < 1.29 is 18.7 Å². The minimum absolute atomic E-state index is 0.148. The molecule has 0 aliphatic heterocycles. The Kier molecular flexibility index (Phi) is 5.54. The average Bonchev–Trinajstić information content (AvgIpc) is 3.01. The summed E-state index contributed by atoms with van der Waals surface area (Å²) < 4.78 is 10.3. The molecule has 0 atom stereocenters. The van der Waals surface area contributed by atoms with Crippen LogP contribution in [0.2, 0.25) is 0 Å². The van der Waals surface area contributed by atoms with E-state index in [1.165, 1.54) is 6.08 Å². The predicted octanol–water partition coefficient (Wildman–Crippen LogP) is 2.64.